The lowest BCUT2D eigenvalue weighted by Crippen LogP contribution is -2.54. The van der Waals surface area contributed by atoms with Crippen LogP contribution in [0.3, 0.4) is 0 Å². The van der Waals surface area contributed by atoms with Crippen molar-refractivity contribution in [1.82, 2.24) is 0 Å². The van der Waals surface area contributed by atoms with Crippen LogP contribution in [0.4, 0.5) is 4.39 Å². The molecular formula is C19H20FN3OS2. The van der Waals surface area contributed by atoms with Crippen molar-refractivity contribution in [3.05, 3.63) is 46.6 Å². The zero-order valence-electron chi connectivity index (χ0n) is 14.9. The normalized spacial score (nSPS) is 27.6. The molecule has 136 valence electrons. The fraction of sp³-hybridized carbons (Fsp3) is 0.316. The Hall–Kier alpha value is -2.17. The van der Waals surface area contributed by atoms with Gasteiger partial charge < -0.3 is 5.73 Å². The molecule has 0 spiro atoms. The molecule has 2 atom stereocenters. The first-order valence-electron chi connectivity index (χ1n) is 8.01. The number of nitriles is 1. The van der Waals surface area contributed by atoms with E-state index in [1.165, 1.54) is 17.4 Å². The molecule has 1 unspecified atom stereocenters. The van der Waals surface area contributed by atoms with E-state index in [1.54, 1.807) is 39.0 Å². The summed E-state index contributed by atoms with van der Waals surface area (Å²) in [6.07, 6.45) is 0. The van der Waals surface area contributed by atoms with E-state index in [9.17, 15) is 8.60 Å². The lowest BCUT2D eigenvalue weighted by atomic mass is 10.0. The maximum absolute atomic E-state index is 14.8. The number of halogens is 1. The smallest absolute Gasteiger partial charge is 0.140 e. The van der Waals surface area contributed by atoms with Crippen molar-refractivity contribution < 1.29 is 8.60 Å². The van der Waals surface area contributed by atoms with Crippen molar-refractivity contribution in [2.24, 2.45) is 10.7 Å². The van der Waals surface area contributed by atoms with Crippen molar-refractivity contribution in [3.63, 3.8) is 0 Å². The third-order valence-corrected chi connectivity index (χ3v) is 9.39. The van der Waals surface area contributed by atoms with E-state index in [2.05, 4.69) is 16.9 Å². The van der Waals surface area contributed by atoms with Gasteiger partial charge in [-0.2, -0.15) is 5.26 Å². The van der Waals surface area contributed by atoms with E-state index >= 15 is 0 Å². The van der Waals surface area contributed by atoms with Crippen LogP contribution >= 0.6 is 11.3 Å². The second-order valence-corrected chi connectivity index (χ2v) is 11.2. The highest BCUT2D eigenvalue weighted by molar-refractivity contribution is 8.02. The van der Waals surface area contributed by atoms with Crippen molar-refractivity contribution in [3.8, 4) is 16.5 Å². The van der Waals surface area contributed by atoms with Crippen molar-refractivity contribution in [2.75, 3.05) is 5.75 Å². The number of nitrogens with zero attached hydrogens (tertiary/aromatic N) is 2. The van der Waals surface area contributed by atoms with Crippen LogP contribution in [0.15, 0.2) is 35.3 Å². The van der Waals surface area contributed by atoms with Crippen LogP contribution in [-0.2, 0) is 15.1 Å². The molecule has 3 rings (SSSR count). The van der Waals surface area contributed by atoms with Crippen LogP contribution in [0.25, 0.3) is 10.4 Å². The molecular weight excluding hydrogens is 369 g/mol. The van der Waals surface area contributed by atoms with Crippen LogP contribution in [0, 0.1) is 17.1 Å². The Morgan fingerprint density at radius 2 is 2.08 bits per heavy atom. The third kappa shape index (κ3) is 2.83. The van der Waals surface area contributed by atoms with Gasteiger partial charge in [-0.1, -0.05) is 12.1 Å². The molecule has 1 aromatic carbocycles. The van der Waals surface area contributed by atoms with Gasteiger partial charge in [0.2, 0.25) is 0 Å². The van der Waals surface area contributed by atoms with Crippen LogP contribution in [0.5, 0.6) is 0 Å². The average molecular weight is 390 g/mol. The number of benzene rings is 1. The van der Waals surface area contributed by atoms with E-state index in [1.807, 2.05) is 6.07 Å². The Kier molecular flexibility index (Phi) is 4.25. The van der Waals surface area contributed by atoms with Crippen LogP contribution in [-0.4, -0.2) is 26.4 Å². The van der Waals surface area contributed by atoms with Gasteiger partial charge in [0.05, 0.1) is 21.3 Å². The molecule has 1 aromatic heterocycles. The Morgan fingerprint density at radius 3 is 2.69 bits per heavy atom. The summed E-state index contributed by atoms with van der Waals surface area (Å²) in [5.41, 5.74) is 6.32. The first-order valence-corrected chi connectivity index (χ1v) is 10.7. The van der Waals surface area contributed by atoms with Crippen LogP contribution in [0.2, 0.25) is 0 Å². The van der Waals surface area contributed by atoms with Crippen molar-refractivity contribution in [2.45, 2.75) is 31.1 Å². The third-order valence-electron chi connectivity index (χ3n) is 4.88. The zero-order valence-corrected chi connectivity index (χ0v) is 16.5. The monoisotopic (exact) mass is 389 g/mol. The Balaban J connectivity index is 2.13. The summed E-state index contributed by atoms with van der Waals surface area (Å²) in [5.74, 6) is 3.83. The molecule has 1 aliphatic rings. The predicted molar refractivity (Wildman–Crippen MR) is 108 cm³/mol. The van der Waals surface area contributed by atoms with Crippen LogP contribution in [0.1, 0.15) is 31.2 Å². The molecule has 2 heterocycles. The maximum atomic E-state index is 14.8. The Labute approximate surface area is 157 Å². The molecule has 0 saturated carbocycles. The number of aliphatic imine (C=N–C) groups is 1. The molecule has 26 heavy (non-hydrogen) atoms. The van der Waals surface area contributed by atoms with Gasteiger partial charge in [-0.3, -0.25) is 9.20 Å². The fourth-order valence-corrected chi connectivity index (χ4v) is 6.11. The van der Waals surface area contributed by atoms with E-state index in [0.717, 1.165) is 5.56 Å². The summed E-state index contributed by atoms with van der Waals surface area (Å²) in [6, 6.07) is 10.5. The Morgan fingerprint density at radius 1 is 1.38 bits per heavy atom. The topological polar surface area (TPSA) is 79.2 Å². The first kappa shape index (κ1) is 18.6. The first-order chi connectivity index (χ1) is 12.0. The van der Waals surface area contributed by atoms with Gasteiger partial charge in [0.15, 0.2) is 0 Å². The standard InChI is InChI=1S/C19H20FN3OS2/c1-18(2)17(22)23-19(3,11-26(18,4)24)16-14(20)9-15(25-16)13-7-5-6-12(8-13)10-21/h5-9H,4,11H2,1-3H3,(H2,22,23)/t19-,26?/m0/s1. The minimum atomic E-state index is -2.61. The molecule has 0 fully saturated rings. The number of rotatable bonds is 2. The molecule has 2 N–H and O–H groups in total. The van der Waals surface area contributed by atoms with Gasteiger partial charge in [0.25, 0.3) is 0 Å². The van der Waals surface area contributed by atoms with Gasteiger partial charge >= 0.3 is 0 Å². The lowest BCUT2D eigenvalue weighted by Gasteiger charge is -2.40. The van der Waals surface area contributed by atoms with E-state index < -0.39 is 25.6 Å². The highest BCUT2D eigenvalue weighted by atomic mass is 32.2. The highest BCUT2D eigenvalue weighted by Gasteiger charge is 2.46. The van der Waals surface area contributed by atoms with Gasteiger partial charge in [-0.15, -0.1) is 11.3 Å². The van der Waals surface area contributed by atoms with Crippen molar-refractivity contribution in [1.29, 1.82) is 5.26 Å². The van der Waals surface area contributed by atoms with Gasteiger partial charge in [0, 0.05) is 10.6 Å². The molecule has 0 bridgehead atoms. The lowest BCUT2D eigenvalue weighted by molar-refractivity contribution is 0.506. The number of amidine groups is 1. The summed E-state index contributed by atoms with van der Waals surface area (Å²) < 4.78 is 27.1. The molecule has 0 amide bonds. The molecule has 7 heteroatoms. The molecule has 2 aromatic rings. The Bertz CT molecular complexity index is 1060. The van der Waals surface area contributed by atoms with E-state index in [-0.39, 0.29) is 11.6 Å². The summed E-state index contributed by atoms with van der Waals surface area (Å²) in [4.78, 5) is 5.59. The summed E-state index contributed by atoms with van der Waals surface area (Å²) in [7, 11) is -2.61. The second kappa shape index (κ2) is 5.93. The molecule has 1 aliphatic heterocycles. The minimum Gasteiger partial charge on any atom is -0.386 e. The van der Waals surface area contributed by atoms with Crippen LogP contribution < -0.4 is 5.73 Å². The van der Waals surface area contributed by atoms with E-state index in [0.29, 0.717) is 15.3 Å². The number of hydrogen-bond acceptors (Lipinski definition) is 5. The molecule has 0 radical (unpaired) electrons. The largest absolute Gasteiger partial charge is 0.386 e. The number of nitrogens with two attached hydrogens (primary N) is 1. The maximum Gasteiger partial charge on any atom is 0.140 e. The number of thiophene rings is 1. The second-order valence-electron chi connectivity index (χ2n) is 7.22. The quantitative estimate of drug-likeness (QED) is 0.798. The van der Waals surface area contributed by atoms with Gasteiger partial charge in [-0.05, 0) is 59.9 Å². The van der Waals surface area contributed by atoms with E-state index in [4.69, 9.17) is 11.0 Å². The van der Waals surface area contributed by atoms with Crippen molar-refractivity contribution >= 4 is 32.6 Å². The molecule has 0 aliphatic carbocycles. The average Bonchev–Trinajstić information content (AvgIpc) is 2.95. The van der Waals surface area contributed by atoms with Gasteiger partial charge in [-0.25, -0.2) is 4.39 Å². The summed E-state index contributed by atoms with van der Waals surface area (Å²) in [6.45, 7) is 5.25. The molecule has 4 nitrogen and oxygen atoms in total. The minimum absolute atomic E-state index is 0.128. The van der Waals surface area contributed by atoms with Gasteiger partial charge in [0.1, 0.15) is 17.2 Å². The summed E-state index contributed by atoms with van der Waals surface area (Å²) >= 11 is 1.24. The fourth-order valence-electron chi connectivity index (χ4n) is 2.99. The zero-order chi connectivity index (χ0) is 19.3. The highest BCUT2D eigenvalue weighted by Crippen LogP contribution is 2.43. The summed E-state index contributed by atoms with van der Waals surface area (Å²) in [5, 5.41) is 9.06. The number of hydrogen-bond donors (Lipinski definition) is 1. The SMILES string of the molecule is C=S1(=O)C[C@@](C)(c2sc(-c3cccc(C#N)c3)cc2F)N=C(N)C1(C)C. The molecule has 0 saturated heterocycles. The predicted octanol–water partition coefficient (Wildman–Crippen LogP) is 3.51.